The fourth-order valence-corrected chi connectivity index (χ4v) is 2.77. The number of amides is 1. The number of methoxy groups -OCH3 is 1. The summed E-state index contributed by atoms with van der Waals surface area (Å²) in [4.78, 5) is 36.0. The molecule has 2 atom stereocenters. The lowest BCUT2D eigenvalue weighted by Gasteiger charge is -2.17. The number of para-hydroxylation sites is 1. The largest absolute Gasteiger partial charge is 0.465 e. The van der Waals surface area contributed by atoms with E-state index >= 15 is 0 Å². The summed E-state index contributed by atoms with van der Waals surface area (Å²) in [5.74, 6) is -1.16. The van der Waals surface area contributed by atoms with Crippen molar-refractivity contribution in [3.63, 3.8) is 0 Å². The van der Waals surface area contributed by atoms with Gasteiger partial charge in [0.05, 0.1) is 12.7 Å². The van der Waals surface area contributed by atoms with E-state index in [4.69, 9.17) is 4.74 Å². The van der Waals surface area contributed by atoms with E-state index in [9.17, 15) is 14.4 Å². The molecule has 6 heteroatoms. The standard InChI is InChI=1S/C24H27NO5/c1-5-16(2)20-8-6-7-9-21(20)25-23(27)17(3)30-22(26)15-12-18-10-13-19(14-11-18)24(28)29-4/h6-17H,5H2,1-4H3,(H,25,27)/b15-12+/t16-,17+/m0/s1. The Bertz CT molecular complexity index is 917. The molecule has 0 aromatic heterocycles. The summed E-state index contributed by atoms with van der Waals surface area (Å²) in [6, 6.07) is 14.2. The Labute approximate surface area is 176 Å². The molecule has 0 fully saturated rings. The Balaban J connectivity index is 1.95. The van der Waals surface area contributed by atoms with Crippen molar-refractivity contribution < 1.29 is 23.9 Å². The lowest BCUT2D eigenvalue weighted by Crippen LogP contribution is -2.29. The van der Waals surface area contributed by atoms with E-state index < -0.39 is 23.9 Å². The van der Waals surface area contributed by atoms with Crippen molar-refractivity contribution in [3.05, 3.63) is 71.3 Å². The molecule has 1 N–H and O–H groups in total. The monoisotopic (exact) mass is 409 g/mol. The minimum Gasteiger partial charge on any atom is -0.465 e. The molecule has 2 aromatic rings. The molecule has 0 saturated heterocycles. The van der Waals surface area contributed by atoms with Crippen LogP contribution in [-0.2, 0) is 19.1 Å². The first-order valence-corrected chi connectivity index (χ1v) is 9.82. The smallest absolute Gasteiger partial charge is 0.337 e. The summed E-state index contributed by atoms with van der Waals surface area (Å²) in [6.07, 6.45) is 2.79. The zero-order valence-corrected chi connectivity index (χ0v) is 17.7. The van der Waals surface area contributed by atoms with Crippen LogP contribution in [0, 0.1) is 0 Å². The number of anilines is 1. The van der Waals surface area contributed by atoms with Crippen LogP contribution in [0.1, 0.15) is 54.6 Å². The van der Waals surface area contributed by atoms with Gasteiger partial charge in [-0.15, -0.1) is 0 Å². The molecule has 2 rings (SSSR count). The van der Waals surface area contributed by atoms with Crippen molar-refractivity contribution in [3.8, 4) is 0 Å². The normalized spacial score (nSPS) is 12.8. The predicted octanol–water partition coefficient (Wildman–Crippen LogP) is 4.57. The van der Waals surface area contributed by atoms with Gasteiger partial charge in [0.25, 0.3) is 5.91 Å². The van der Waals surface area contributed by atoms with Gasteiger partial charge in [-0.3, -0.25) is 4.79 Å². The Kier molecular flexibility index (Phi) is 8.35. The third-order valence-electron chi connectivity index (χ3n) is 4.77. The van der Waals surface area contributed by atoms with Crippen LogP contribution in [0.3, 0.4) is 0 Å². The van der Waals surface area contributed by atoms with Gasteiger partial charge < -0.3 is 14.8 Å². The van der Waals surface area contributed by atoms with Crippen LogP contribution >= 0.6 is 0 Å². The molecule has 30 heavy (non-hydrogen) atoms. The highest BCUT2D eigenvalue weighted by atomic mass is 16.5. The lowest BCUT2D eigenvalue weighted by atomic mass is 9.97. The Morgan fingerprint density at radius 3 is 2.33 bits per heavy atom. The number of nitrogens with one attached hydrogen (secondary N) is 1. The van der Waals surface area contributed by atoms with Crippen molar-refractivity contribution in [2.45, 2.75) is 39.2 Å². The number of ether oxygens (including phenoxy) is 2. The maximum Gasteiger partial charge on any atom is 0.337 e. The van der Waals surface area contributed by atoms with Crippen LogP contribution < -0.4 is 5.32 Å². The van der Waals surface area contributed by atoms with Gasteiger partial charge in [-0.25, -0.2) is 9.59 Å². The number of esters is 2. The molecule has 0 spiro atoms. The maximum absolute atomic E-state index is 12.5. The highest BCUT2D eigenvalue weighted by Gasteiger charge is 2.18. The summed E-state index contributed by atoms with van der Waals surface area (Å²) in [5, 5.41) is 2.84. The van der Waals surface area contributed by atoms with E-state index in [0.29, 0.717) is 17.0 Å². The minimum absolute atomic E-state index is 0.299. The molecule has 0 unspecified atom stereocenters. The SMILES string of the molecule is CC[C@H](C)c1ccccc1NC(=O)[C@@H](C)OC(=O)/C=C/c1ccc(C(=O)OC)cc1. The third kappa shape index (κ3) is 6.30. The number of carbonyl (C=O) groups is 3. The highest BCUT2D eigenvalue weighted by Crippen LogP contribution is 2.26. The molecule has 158 valence electrons. The van der Waals surface area contributed by atoms with Crippen LogP contribution in [-0.4, -0.2) is 31.1 Å². The van der Waals surface area contributed by atoms with E-state index in [1.807, 2.05) is 24.3 Å². The molecule has 0 aliphatic rings. The molecule has 0 saturated carbocycles. The lowest BCUT2D eigenvalue weighted by molar-refractivity contribution is -0.148. The van der Waals surface area contributed by atoms with Crippen LogP contribution in [0.5, 0.6) is 0 Å². The first-order valence-electron chi connectivity index (χ1n) is 9.82. The number of rotatable bonds is 8. The van der Waals surface area contributed by atoms with E-state index in [1.165, 1.54) is 20.1 Å². The van der Waals surface area contributed by atoms with Crippen molar-refractivity contribution in [2.24, 2.45) is 0 Å². The highest BCUT2D eigenvalue weighted by molar-refractivity contribution is 5.97. The fraction of sp³-hybridized carbons (Fsp3) is 0.292. The zero-order chi connectivity index (χ0) is 22.1. The quantitative estimate of drug-likeness (QED) is 0.510. The minimum atomic E-state index is -0.950. The molecular weight excluding hydrogens is 382 g/mol. The second-order valence-electron chi connectivity index (χ2n) is 6.91. The molecule has 0 radical (unpaired) electrons. The molecule has 1 amide bonds. The van der Waals surface area contributed by atoms with Crippen molar-refractivity contribution in [2.75, 3.05) is 12.4 Å². The molecule has 6 nitrogen and oxygen atoms in total. The van der Waals surface area contributed by atoms with Crippen molar-refractivity contribution >= 4 is 29.6 Å². The third-order valence-corrected chi connectivity index (χ3v) is 4.77. The molecule has 0 aliphatic carbocycles. The van der Waals surface area contributed by atoms with Crippen LogP contribution in [0.15, 0.2) is 54.6 Å². The van der Waals surface area contributed by atoms with Crippen molar-refractivity contribution in [1.29, 1.82) is 0 Å². The van der Waals surface area contributed by atoms with E-state index in [1.54, 1.807) is 30.3 Å². The van der Waals surface area contributed by atoms with Crippen molar-refractivity contribution in [1.82, 2.24) is 0 Å². The van der Waals surface area contributed by atoms with Gasteiger partial charge in [0.2, 0.25) is 0 Å². The summed E-state index contributed by atoms with van der Waals surface area (Å²) in [5.41, 5.74) is 2.89. The first kappa shape index (κ1) is 22.9. The van der Waals surface area contributed by atoms with Gasteiger partial charge in [-0.2, -0.15) is 0 Å². The Morgan fingerprint density at radius 1 is 1.03 bits per heavy atom. The molecule has 2 aromatic carbocycles. The topological polar surface area (TPSA) is 81.7 Å². The molecular formula is C24H27NO5. The van der Waals surface area contributed by atoms with Gasteiger partial charge >= 0.3 is 11.9 Å². The van der Waals surface area contributed by atoms with Gasteiger partial charge in [0.15, 0.2) is 6.10 Å². The number of carbonyl (C=O) groups excluding carboxylic acids is 3. The van der Waals surface area contributed by atoms with Crippen LogP contribution in [0.25, 0.3) is 6.08 Å². The summed E-state index contributed by atoms with van der Waals surface area (Å²) in [7, 11) is 1.31. The van der Waals surface area contributed by atoms with E-state index in [-0.39, 0.29) is 0 Å². The Hall–Kier alpha value is -3.41. The summed E-state index contributed by atoms with van der Waals surface area (Å²) in [6.45, 7) is 5.71. The summed E-state index contributed by atoms with van der Waals surface area (Å²) < 4.78 is 9.84. The average Bonchev–Trinajstić information content (AvgIpc) is 2.77. The van der Waals surface area contributed by atoms with Crippen LogP contribution in [0.2, 0.25) is 0 Å². The predicted molar refractivity (Wildman–Crippen MR) is 116 cm³/mol. The number of hydrogen-bond donors (Lipinski definition) is 1. The molecule has 0 heterocycles. The fourth-order valence-electron chi connectivity index (χ4n) is 2.77. The second kappa shape index (κ2) is 11.0. The van der Waals surface area contributed by atoms with E-state index in [2.05, 4.69) is 23.9 Å². The first-order chi connectivity index (χ1) is 14.3. The summed E-state index contributed by atoms with van der Waals surface area (Å²) >= 11 is 0. The number of hydrogen-bond acceptors (Lipinski definition) is 5. The van der Waals surface area contributed by atoms with Crippen LogP contribution in [0.4, 0.5) is 5.69 Å². The molecule has 0 aliphatic heterocycles. The number of benzene rings is 2. The van der Waals surface area contributed by atoms with Gasteiger partial charge in [0.1, 0.15) is 0 Å². The molecule has 0 bridgehead atoms. The van der Waals surface area contributed by atoms with Gasteiger partial charge in [-0.1, -0.05) is 44.2 Å². The average molecular weight is 409 g/mol. The second-order valence-corrected chi connectivity index (χ2v) is 6.91. The van der Waals surface area contributed by atoms with Gasteiger partial charge in [-0.05, 0) is 54.7 Å². The van der Waals surface area contributed by atoms with Gasteiger partial charge in [0, 0.05) is 11.8 Å². The maximum atomic E-state index is 12.5. The Morgan fingerprint density at radius 2 is 1.70 bits per heavy atom. The van der Waals surface area contributed by atoms with E-state index in [0.717, 1.165) is 17.7 Å². The zero-order valence-electron chi connectivity index (χ0n) is 17.7.